The normalized spacial score (nSPS) is 35.1. The summed E-state index contributed by atoms with van der Waals surface area (Å²) < 4.78 is 5.86. The Morgan fingerprint density at radius 2 is 2.07 bits per heavy atom. The molecule has 0 amide bonds. The predicted molar refractivity (Wildman–Crippen MR) is 105 cm³/mol. The Morgan fingerprint density at radius 1 is 1.32 bits per heavy atom. The van der Waals surface area contributed by atoms with Crippen molar-refractivity contribution in [2.24, 2.45) is 26.6 Å². The van der Waals surface area contributed by atoms with Crippen molar-refractivity contribution in [3.8, 4) is 0 Å². The summed E-state index contributed by atoms with van der Waals surface area (Å²) in [6, 6.07) is 0. The maximum Gasteiger partial charge on any atom is 0.230 e. The number of rotatable bonds is 8. The molecule has 1 saturated heterocycles. The fourth-order valence-electron chi connectivity index (χ4n) is 3.93. The van der Waals surface area contributed by atoms with E-state index in [9.17, 15) is 10.2 Å². The molecule has 28 heavy (non-hydrogen) atoms. The lowest BCUT2D eigenvalue weighted by atomic mass is 10.0. The molecule has 3 heterocycles. The molecule has 3 rings (SSSR count). The average Bonchev–Trinajstić information content (AvgIpc) is 3.16. The lowest BCUT2D eigenvalue weighted by Gasteiger charge is -2.40. The van der Waals surface area contributed by atoms with Crippen molar-refractivity contribution < 1.29 is 19.8 Å². The molecule has 3 aliphatic rings. The van der Waals surface area contributed by atoms with Gasteiger partial charge >= 0.3 is 0 Å². The Morgan fingerprint density at radius 3 is 2.68 bits per heavy atom. The molecular weight excluding hydrogens is 366 g/mol. The standard InChI is InChI=1S/C17H31N7O4/c1-4-11-22-17(23(3)7-5-6-8-27-19)15(18)20-9-21-16(17)24(11)14-13(26)12(25)10(2)28-14/h10,12-14,25-26H,4-9,19H2,1-3H3,(H2,18,20)/t10-,12-,13-,14-,17?/m1/s1. The third kappa shape index (κ3) is 3.31. The van der Waals surface area contributed by atoms with Gasteiger partial charge in [-0.15, -0.1) is 0 Å². The van der Waals surface area contributed by atoms with Crippen LogP contribution in [0.4, 0.5) is 0 Å². The summed E-state index contributed by atoms with van der Waals surface area (Å²) in [5.74, 6) is 6.70. The highest BCUT2D eigenvalue weighted by atomic mass is 16.6. The minimum atomic E-state index is -1.09. The summed E-state index contributed by atoms with van der Waals surface area (Å²) >= 11 is 0. The van der Waals surface area contributed by atoms with Crippen LogP contribution < -0.4 is 11.6 Å². The Bertz CT molecular complexity index is 670. The fourth-order valence-corrected chi connectivity index (χ4v) is 3.93. The number of likely N-dealkylation sites (N-methyl/N-ethyl adjacent to an activating group) is 1. The average molecular weight is 397 g/mol. The van der Waals surface area contributed by atoms with Gasteiger partial charge in [0.1, 0.15) is 30.5 Å². The van der Waals surface area contributed by atoms with Crippen LogP contribution in [0, 0.1) is 0 Å². The lowest BCUT2D eigenvalue weighted by Crippen LogP contribution is -2.64. The molecule has 158 valence electrons. The third-order valence-electron chi connectivity index (χ3n) is 5.53. The van der Waals surface area contributed by atoms with E-state index in [1.807, 2.05) is 18.9 Å². The SMILES string of the molecule is CCC1=NC2(N(C)CCCCON)C(N)=NCN=C2N1[C@@H]1O[C@H](C)[C@@H](O)[C@H]1O. The Balaban J connectivity index is 1.92. The van der Waals surface area contributed by atoms with Crippen LogP contribution in [0.1, 0.15) is 33.1 Å². The van der Waals surface area contributed by atoms with E-state index in [1.165, 1.54) is 0 Å². The van der Waals surface area contributed by atoms with Crippen molar-refractivity contribution in [1.82, 2.24) is 9.80 Å². The van der Waals surface area contributed by atoms with Gasteiger partial charge in [-0.2, -0.15) is 0 Å². The summed E-state index contributed by atoms with van der Waals surface area (Å²) in [7, 11) is 1.91. The van der Waals surface area contributed by atoms with Gasteiger partial charge in [0.2, 0.25) is 5.66 Å². The molecule has 1 fully saturated rings. The minimum Gasteiger partial charge on any atom is -0.388 e. The summed E-state index contributed by atoms with van der Waals surface area (Å²) in [6.45, 7) is 5.01. The molecule has 0 aromatic heterocycles. The second-order valence-electron chi connectivity index (χ2n) is 7.30. The molecule has 0 radical (unpaired) electrons. The van der Waals surface area contributed by atoms with Crippen LogP contribution in [0.15, 0.2) is 15.0 Å². The van der Waals surface area contributed by atoms with Crippen LogP contribution in [-0.4, -0.2) is 94.6 Å². The molecule has 1 unspecified atom stereocenters. The number of unbranched alkanes of at least 4 members (excludes halogenated alkanes) is 1. The predicted octanol–water partition coefficient (Wildman–Crippen LogP) is -1.40. The summed E-state index contributed by atoms with van der Waals surface area (Å²) in [4.78, 5) is 22.2. The van der Waals surface area contributed by atoms with E-state index >= 15 is 0 Å². The smallest absolute Gasteiger partial charge is 0.230 e. The highest BCUT2D eigenvalue weighted by Gasteiger charge is 2.57. The maximum atomic E-state index is 10.6. The molecule has 0 spiro atoms. The highest BCUT2D eigenvalue weighted by molar-refractivity contribution is 6.23. The van der Waals surface area contributed by atoms with Gasteiger partial charge in [0.05, 0.1) is 12.7 Å². The molecule has 0 saturated carbocycles. The minimum absolute atomic E-state index is 0.182. The molecule has 11 nitrogen and oxygen atoms in total. The molecular formula is C17H31N7O4. The molecule has 0 aliphatic carbocycles. The van der Waals surface area contributed by atoms with Gasteiger partial charge in [0, 0.05) is 13.0 Å². The topological polar surface area (TPSA) is 155 Å². The van der Waals surface area contributed by atoms with E-state index in [0.717, 1.165) is 12.8 Å². The number of nitrogens with two attached hydrogens (primary N) is 2. The molecule has 0 aromatic carbocycles. The Kier molecular flexibility index (Phi) is 6.32. The van der Waals surface area contributed by atoms with Gasteiger partial charge in [0.25, 0.3) is 0 Å². The van der Waals surface area contributed by atoms with Crippen LogP contribution >= 0.6 is 0 Å². The molecule has 11 heteroatoms. The number of hydrogen-bond acceptors (Lipinski definition) is 11. The van der Waals surface area contributed by atoms with E-state index < -0.39 is 30.2 Å². The van der Waals surface area contributed by atoms with Crippen molar-refractivity contribution in [3.63, 3.8) is 0 Å². The number of aliphatic imine (C=N–C) groups is 3. The Hall–Kier alpha value is -1.63. The first-order chi connectivity index (χ1) is 13.4. The molecule has 5 atom stereocenters. The van der Waals surface area contributed by atoms with Crippen LogP contribution in [0.25, 0.3) is 0 Å². The lowest BCUT2D eigenvalue weighted by molar-refractivity contribution is -0.0338. The third-order valence-corrected chi connectivity index (χ3v) is 5.53. The van der Waals surface area contributed by atoms with Crippen LogP contribution in [0.2, 0.25) is 0 Å². The maximum absolute atomic E-state index is 10.6. The zero-order valence-electron chi connectivity index (χ0n) is 16.7. The first-order valence-corrected chi connectivity index (χ1v) is 9.66. The zero-order chi connectivity index (χ0) is 20.5. The van der Waals surface area contributed by atoms with Gasteiger partial charge in [-0.25, -0.2) is 20.9 Å². The number of aliphatic hydroxyl groups excluding tert-OH is 2. The van der Waals surface area contributed by atoms with E-state index in [-0.39, 0.29) is 6.67 Å². The van der Waals surface area contributed by atoms with E-state index in [1.54, 1.807) is 11.8 Å². The van der Waals surface area contributed by atoms with Gasteiger partial charge < -0.3 is 25.5 Å². The van der Waals surface area contributed by atoms with Crippen molar-refractivity contribution in [2.45, 2.75) is 63.3 Å². The number of fused-ring (bicyclic) bond motifs is 1. The molecule has 3 aliphatic heterocycles. The monoisotopic (exact) mass is 397 g/mol. The van der Waals surface area contributed by atoms with E-state index in [4.69, 9.17) is 21.4 Å². The van der Waals surface area contributed by atoms with Crippen molar-refractivity contribution >= 4 is 17.5 Å². The van der Waals surface area contributed by atoms with Crippen LogP contribution in [0.3, 0.4) is 0 Å². The highest BCUT2D eigenvalue weighted by Crippen LogP contribution is 2.36. The van der Waals surface area contributed by atoms with Gasteiger partial charge in [-0.3, -0.25) is 9.80 Å². The number of aliphatic hydroxyl groups is 2. The number of nitrogens with zero attached hydrogens (tertiary/aromatic N) is 5. The molecule has 0 bridgehead atoms. The Labute approximate surface area is 164 Å². The van der Waals surface area contributed by atoms with Crippen LogP contribution in [-0.2, 0) is 9.57 Å². The second kappa shape index (κ2) is 8.39. The summed E-state index contributed by atoms with van der Waals surface area (Å²) in [5, 5.41) is 20.7. The molecule has 0 aromatic rings. The van der Waals surface area contributed by atoms with Gasteiger partial charge in [-0.05, 0) is 26.8 Å². The number of hydrogen-bond donors (Lipinski definition) is 4. The van der Waals surface area contributed by atoms with Gasteiger partial charge in [-0.1, -0.05) is 6.92 Å². The van der Waals surface area contributed by atoms with Gasteiger partial charge in [0.15, 0.2) is 12.1 Å². The van der Waals surface area contributed by atoms with Crippen molar-refractivity contribution in [3.05, 3.63) is 0 Å². The number of amidine groups is 3. The first kappa shape index (κ1) is 21.1. The van der Waals surface area contributed by atoms with Crippen molar-refractivity contribution in [2.75, 3.05) is 26.9 Å². The second-order valence-corrected chi connectivity index (χ2v) is 7.30. The first-order valence-electron chi connectivity index (χ1n) is 9.66. The van der Waals surface area contributed by atoms with E-state index in [2.05, 4.69) is 14.8 Å². The van der Waals surface area contributed by atoms with Crippen LogP contribution in [0.5, 0.6) is 0 Å². The fraction of sp³-hybridized carbons (Fsp3) is 0.824. The summed E-state index contributed by atoms with van der Waals surface area (Å²) in [6.07, 6.45) is -1.15. The zero-order valence-corrected chi connectivity index (χ0v) is 16.7. The summed E-state index contributed by atoms with van der Waals surface area (Å²) in [5.41, 5.74) is 5.30. The van der Waals surface area contributed by atoms with E-state index in [0.29, 0.717) is 37.1 Å². The van der Waals surface area contributed by atoms with Crippen molar-refractivity contribution in [1.29, 1.82) is 0 Å². The largest absolute Gasteiger partial charge is 0.388 e. The quantitative estimate of drug-likeness (QED) is 0.288. The molecule has 6 N–H and O–H groups in total. The number of ether oxygens (including phenoxy) is 1.